The van der Waals surface area contributed by atoms with Crippen molar-refractivity contribution in [2.24, 2.45) is 11.8 Å². The first-order chi connectivity index (χ1) is 10.6. The van der Waals surface area contributed by atoms with Crippen molar-refractivity contribution in [3.8, 4) is 5.75 Å². The summed E-state index contributed by atoms with van der Waals surface area (Å²) in [7, 11) is 1.68. The number of hydrogen-bond donors (Lipinski definition) is 1. The molecule has 4 heteroatoms. The molecule has 0 spiro atoms. The van der Waals surface area contributed by atoms with E-state index in [2.05, 4.69) is 6.07 Å². The van der Waals surface area contributed by atoms with Gasteiger partial charge in [-0.25, -0.2) is 0 Å². The molecular weight excluding hydrogens is 278 g/mol. The first kappa shape index (κ1) is 15.3. The smallest absolute Gasteiger partial charge is 0.226 e. The molecule has 1 aliphatic carbocycles. The third kappa shape index (κ3) is 2.98. The minimum absolute atomic E-state index is 0.0871. The van der Waals surface area contributed by atoms with Gasteiger partial charge >= 0.3 is 0 Å². The van der Waals surface area contributed by atoms with Crippen LogP contribution in [-0.4, -0.2) is 42.2 Å². The summed E-state index contributed by atoms with van der Waals surface area (Å²) in [5.41, 5.74) is 1.15. The second-order valence-electron chi connectivity index (χ2n) is 6.62. The van der Waals surface area contributed by atoms with Crippen molar-refractivity contribution in [3.63, 3.8) is 0 Å². The van der Waals surface area contributed by atoms with Gasteiger partial charge < -0.3 is 14.7 Å². The summed E-state index contributed by atoms with van der Waals surface area (Å²) >= 11 is 0. The Labute approximate surface area is 132 Å². The average molecular weight is 303 g/mol. The largest absolute Gasteiger partial charge is 0.496 e. The van der Waals surface area contributed by atoms with Crippen molar-refractivity contribution in [2.75, 3.05) is 20.2 Å². The fourth-order valence-electron chi connectivity index (χ4n) is 3.62. The molecule has 1 saturated heterocycles. The van der Waals surface area contributed by atoms with E-state index in [0.29, 0.717) is 6.54 Å². The summed E-state index contributed by atoms with van der Waals surface area (Å²) < 4.78 is 5.41. The normalized spacial score (nSPS) is 29.0. The number of ether oxygens (including phenoxy) is 1. The molecule has 4 unspecified atom stereocenters. The summed E-state index contributed by atoms with van der Waals surface area (Å²) in [5.74, 6) is 1.73. The summed E-state index contributed by atoms with van der Waals surface area (Å²) in [5, 5.41) is 9.77. The standard InChI is InChI=1S/C18H25NO3/c1-12(20)13-6-5-9-19(11-13)18(21)16-10-15(16)14-7-3-4-8-17(14)22-2/h3-4,7-8,12-13,15-16,20H,5-6,9-11H2,1-2H3. The van der Waals surface area contributed by atoms with Gasteiger partial charge in [0.1, 0.15) is 5.75 Å². The second kappa shape index (κ2) is 6.29. The molecule has 1 saturated carbocycles. The van der Waals surface area contributed by atoms with E-state index in [-0.39, 0.29) is 29.8 Å². The molecule has 2 aliphatic rings. The van der Waals surface area contributed by atoms with Crippen LogP contribution in [0.5, 0.6) is 5.75 Å². The summed E-state index contributed by atoms with van der Waals surface area (Å²) in [6.45, 7) is 3.36. The zero-order valence-corrected chi connectivity index (χ0v) is 13.4. The molecule has 1 amide bonds. The molecule has 0 aromatic heterocycles. The van der Waals surface area contributed by atoms with Gasteiger partial charge in [-0.15, -0.1) is 0 Å². The van der Waals surface area contributed by atoms with Crippen molar-refractivity contribution >= 4 is 5.91 Å². The van der Waals surface area contributed by atoms with Crippen molar-refractivity contribution < 1.29 is 14.6 Å². The van der Waals surface area contributed by atoms with Crippen molar-refractivity contribution in [3.05, 3.63) is 29.8 Å². The zero-order chi connectivity index (χ0) is 15.7. The molecule has 22 heavy (non-hydrogen) atoms. The topological polar surface area (TPSA) is 49.8 Å². The molecule has 1 aliphatic heterocycles. The Hall–Kier alpha value is -1.55. The van der Waals surface area contributed by atoms with Crippen LogP contribution in [0.15, 0.2) is 24.3 Å². The fourth-order valence-corrected chi connectivity index (χ4v) is 3.62. The maximum absolute atomic E-state index is 12.7. The molecule has 1 aromatic carbocycles. The monoisotopic (exact) mass is 303 g/mol. The third-order valence-electron chi connectivity index (χ3n) is 5.10. The van der Waals surface area contributed by atoms with Crippen LogP contribution in [0, 0.1) is 11.8 Å². The summed E-state index contributed by atoms with van der Waals surface area (Å²) in [6, 6.07) is 7.98. The number of methoxy groups -OCH3 is 1. The number of amides is 1. The number of piperidine rings is 1. The lowest BCUT2D eigenvalue weighted by Gasteiger charge is -2.34. The van der Waals surface area contributed by atoms with Crippen molar-refractivity contribution in [1.29, 1.82) is 0 Å². The Balaban J connectivity index is 1.65. The van der Waals surface area contributed by atoms with Crippen LogP contribution in [0.4, 0.5) is 0 Å². The molecule has 4 atom stereocenters. The van der Waals surface area contributed by atoms with Gasteiger partial charge in [-0.1, -0.05) is 18.2 Å². The number of aliphatic hydroxyl groups excluding tert-OH is 1. The number of carbonyl (C=O) groups excluding carboxylic acids is 1. The van der Waals surface area contributed by atoms with Crippen LogP contribution >= 0.6 is 0 Å². The van der Waals surface area contributed by atoms with Crippen LogP contribution < -0.4 is 4.74 Å². The molecule has 2 fully saturated rings. The van der Waals surface area contributed by atoms with Crippen LogP contribution in [0.25, 0.3) is 0 Å². The quantitative estimate of drug-likeness (QED) is 0.929. The molecule has 3 rings (SSSR count). The van der Waals surface area contributed by atoms with Crippen molar-refractivity contribution in [1.82, 2.24) is 4.90 Å². The van der Waals surface area contributed by atoms with Gasteiger partial charge in [0.2, 0.25) is 5.91 Å². The maximum Gasteiger partial charge on any atom is 0.226 e. The van der Waals surface area contributed by atoms with Crippen LogP contribution in [0.1, 0.15) is 37.7 Å². The molecule has 120 valence electrons. The SMILES string of the molecule is COc1ccccc1C1CC1C(=O)N1CCCC(C(C)O)C1. The molecule has 1 N–H and O–H groups in total. The van der Waals surface area contributed by atoms with E-state index in [1.54, 1.807) is 7.11 Å². The first-order valence-electron chi connectivity index (χ1n) is 8.21. The highest BCUT2D eigenvalue weighted by Crippen LogP contribution is 2.51. The minimum Gasteiger partial charge on any atom is -0.496 e. The molecular formula is C18H25NO3. The Kier molecular flexibility index (Phi) is 4.39. The number of rotatable bonds is 4. The molecule has 0 radical (unpaired) electrons. The van der Waals surface area contributed by atoms with Crippen LogP contribution in [0.3, 0.4) is 0 Å². The van der Waals surface area contributed by atoms with Gasteiger partial charge in [0, 0.05) is 24.9 Å². The van der Waals surface area contributed by atoms with Gasteiger partial charge in [0.25, 0.3) is 0 Å². The Morgan fingerprint density at radius 2 is 2.18 bits per heavy atom. The van der Waals surface area contributed by atoms with Gasteiger partial charge in [-0.3, -0.25) is 4.79 Å². The van der Waals surface area contributed by atoms with Gasteiger partial charge in [0.15, 0.2) is 0 Å². The predicted octanol–water partition coefficient (Wildman–Crippen LogP) is 2.42. The number of benzene rings is 1. The molecule has 1 aromatic rings. The van der Waals surface area contributed by atoms with Crippen molar-refractivity contribution in [2.45, 2.75) is 38.2 Å². The highest BCUT2D eigenvalue weighted by atomic mass is 16.5. The predicted molar refractivity (Wildman–Crippen MR) is 84.8 cm³/mol. The lowest BCUT2D eigenvalue weighted by atomic mass is 9.93. The van der Waals surface area contributed by atoms with E-state index >= 15 is 0 Å². The van der Waals surface area contributed by atoms with E-state index in [1.807, 2.05) is 30.0 Å². The first-order valence-corrected chi connectivity index (χ1v) is 8.21. The molecule has 4 nitrogen and oxygen atoms in total. The van der Waals surface area contributed by atoms with E-state index < -0.39 is 0 Å². The second-order valence-corrected chi connectivity index (χ2v) is 6.62. The number of hydrogen-bond acceptors (Lipinski definition) is 3. The highest BCUT2D eigenvalue weighted by Gasteiger charge is 2.47. The van der Waals surface area contributed by atoms with Gasteiger partial charge in [-0.2, -0.15) is 0 Å². The van der Waals surface area contributed by atoms with E-state index in [1.165, 1.54) is 0 Å². The maximum atomic E-state index is 12.7. The Bertz CT molecular complexity index is 543. The lowest BCUT2D eigenvalue weighted by Crippen LogP contribution is -2.43. The number of nitrogens with zero attached hydrogens (tertiary/aromatic N) is 1. The van der Waals surface area contributed by atoms with E-state index in [0.717, 1.165) is 37.1 Å². The molecule has 1 heterocycles. The summed E-state index contributed by atoms with van der Waals surface area (Å²) in [4.78, 5) is 14.7. The fraction of sp³-hybridized carbons (Fsp3) is 0.611. The zero-order valence-electron chi connectivity index (χ0n) is 13.4. The van der Waals surface area contributed by atoms with E-state index in [4.69, 9.17) is 4.74 Å². The Morgan fingerprint density at radius 1 is 1.41 bits per heavy atom. The minimum atomic E-state index is -0.334. The summed E-state index contributed by atoms with van der Waals surface area (Å²) in [6.07, 6.45) is 2.59. The lowest BCUT2D eigenvalue weighted by molar-refractivity contribution is -0.135. The number of likely N-dealkylation sites (tertiary alicyclic amines) is 1. The number of carbonyl (C=O) groups is 1. The number of aliphatic hydroxyl groups is 1. The van der Waals surface area contributed by atoms with Gasteiger partial charge in [-0.05, 0) is 43.7 Å². The average Bonchev–Trinajstić information content (AvgIpc) is 3.34. The highest BCUT2D eigenvalue weighted by molar-refractivity contribution is 5.83. The molecule has 0 bridgehead atoms. The number of para-hydroxylation sites is 1. The van der Waals surface area contributed by atoms with Gasteiger partial charge in [0.05, 0.1) is 13.2 Å². The third-order valence-corrected chi connectivity index (χ3v) is 5.10. The Morgan fingerprint density at radius 3 is 2.91 bits per heavy atom. The van der Waals surface area contributed by atoms with E-state index in [9.17, 15) is 9.90 Å². The van der Waals surface area contributed by atoms with Crippen LogP contribution in [-0.2, 0) is 4.79 Å². The van der Waals surface area contributed by atoms with Crippen LogP contribution in [0.2, 0.25) is 0 Å².